The third-order valence-electron chi connectivity index (χ3n) is 4.71. The first kappa shape index (κ1) is 18.6. The molecular weight excluding hydrogens is 304 g/mol. The van der Waals surface area contributed by atoms with Gasteiger partial charge in [-0.25, -0.2) is 0 Å². The molecule has 2 rings (SSSR count). The molecule has 0 amide bonds. The molecule has 0 spiro atoms. The molecule has 0 N–H and O–H groups in total. The fraction of sp³-hybridized carbons (Fsp3) is 0.667. The average molecular weight is 332 g/mol. The smallest absolute Gasteiger partial charge is 0.118 e. The Hall–Kier alpha value is -1.75. The normalized spacial score (nSPS) is 20.9. The maximum atomic E-state index is 8.72. The second-order valence-corrected chi connectivity index (χ2v) is 7.55. The first-order valence-electron chi connectivity index (χ1n) is 8.42. The summed E-state index contributed by atoms with van der Waals surface area (Å²) in [4.78, 5) is 9.31. The lowest BCUT2D eigenvalue weighted by Gasteiger charge is -2.52. The molecule has 24 heavy (non-hydrogen) atoms. The summed E-state index contributed by atoms with van der Waals surface area (Å²) in [6.45, 7) is 9.06. The average Bonchev–Trinajstić information content (AvgIpc) is 2.53. The Bertz CT molecular complexity index is 576. The quantitative estimate of drug-likeness (QED) is 0.417. The second kappa shape index (κ2) is 7.43. The van der Waals surface area contributed by atoms with E-state index < -0.39 is 0 Å². The molecule has 1 unspecified atom stereocenters. The molecule has 0 aliphatic carbocycles. The van der Waals surface area contributed by atoms with Gasteiger partial charge in [0.2, 0.25) is 0 Å². The number of benzene rings is 1. The maximum absolute atomic E-state index is 8.72. The van der Waals surface area contributed by atoms with Gasteiger partial charge in [-0.05, 0) is 70.2 Å². The van der Waals surface area contributed by atoms with Crippen molar-refractivity contribution in [3.63, 3.8) is 0 Å². The molecule has 6 heteroatoms. The summed E-state index contributed by atoms with van der Waals surface area (Å²) < 4.78 is 5.21. The highest BCUT2D eigenvalue weighted by molar-refractivity contribution is 5.28. The summed E-state index contributed by atoms with van der Waals surface area (Å²) >= 11 is 0. The second-order valence-electron chi connectivity index (χ2n) is 7.55. The Balaban J connectivity index is 2.28. The van der Waals surface area contributed by atoms with Gasteiger partial charge in [-0.3, -0.25) is 4.84 Å². The molecule has 1 aliphatic rings. The van der Waals surface area contributed by atoms with E-state index in [4.69, 9.17) is 15.1 Å². The van der Waals surface area contributed by atoms with Crippen LogP contribution in [0.3, 0.4) is 0 Å². The minimum Gasteiger partial charge on any atom is -0.497 e. The van der Waals surface area contributed by atoms with Crippen LogP contribution in [0.5, 0.6) is 5.75 Å². The van der Waals surface area contributed by atoms with Crippen molar-refractivity contribution in [2.45, 2.75) is 64.1 Å². The van der Waals surface area contributed by atoms with Crippen LogP contribution in [0, 0.1) is 0 Å². The number of hydrogen-bond donors (Lipinski definition) is 0. The van der Waals surface area contributed by atoms with Crippen LogP contribution in [-0.2, 0) is 4.84 Å². The van der Waals surface area contributed by atoms with Crippen molar-refractivity contribution in [2.24, 2.45) is 5.11 Å². The Kier molecular flexibility index (Phi) is 5.75. The van der Waals surface area contributed by atoms with Gasteiger partial charge in [0, 0.05) is 16.0 Å². The SMILES string of the molecule is COc1ccc(C(CN=[N+]=[N-])ON2C(C)(C)CCCC2(C)C)cc1. The highest BCUT2D eigenvalue weighted by Gasteiger charge is 2.43. The van der Waals surface area contributed by atoms with Gasteiger partial charge in [0.1, 0.15) is 11.9 Å². The minimum absolute atomic E-state index is 0.0666. The summed E-state index contributed by atoms with van der Waals surface area (Å²) in [6.07, 6.45) is 3.02. The molecule has 1 aromatic carbocycles. The van der Waals surface area contributed by atoms with Crippen LogP contribution < -0.4 is 4.74 Å². The van der Waals surface area contributed by atoms with Crippen LogP contribution in [0.4, 0.5) is 0 Å². The molecule has 1 atom stereocenters. The van der Waals surface area contributed by atoms with Gasteiger partial charge in [-0.2, -0.15) is 5.06 Å². The Morgan fingerprint density at radius 3 is 2.25 bits per heavy atom. The molecule has 1 heterocycles. The van der Waals surface area contributed by atoms with Gasteiger partial charge < -0.3 is 4.74 Å². The molecule has 0 aromatic heterocycles. The highest BCUT2D eigenvalue weighted by atomic mass is 16.7. The standard InChI is InChI=1S/C18H28N4O2/c1-17(2)11-6-12-18(3,4)22(17)24-16(13-20-21-19)14-7-9-15(23-5)10-8-14/h7-10,16H,6,11-13H2,1-5H3. The van der Waals surface area contributed by atoms with Crippen LogP contribution in [0.1, 0.15) is 58.6 Å². The monoisotopic (exact) mass is 332 g/mol. The van der Waals surface area contributed by atoms with E-state index in [1.807, 2.05) is 24.3 Å². The first-order chi connectivity index (χ1) is 11.3. The number of ether oxygens (including phenoxy) is 1. The predicted molar refractivity (Wildman–Crippen MR) is 94.7 cm³/mol. The number of hydroxylamine groups is 2. The Morgan fingerprint density at radius 1 is 1.17 bits per heavy atom. The van der Waals surface area contributed by atoms with E-state index in [0.717, 1.165) is 24.2 Å². The van der Waals surface area contributed by atoms with E-state index in [2.05, 4.69) is 42.8 Å². The summed E-state index contributed by atoms with van der Waals surface area (Å²) in [5, 5.41) is 5.85. The summed E-state index contributed by atoms with van der Waals surface area (Å²) in [6, 6.07) is 7.71. The number of rotatable bonds is 6. The summed E-state index contributed by atoms with van der Waals surface area (Å²) in [5.74, 6) is 0.792. The molecule has 1 aliphatic heterocycles. The van der Waals surface area contributed by atoms with Gasteiger partial charge in [0.05, 0.1) is 13.7 Å². The van der Waals surface area contributed by atoms with E-state index in [1.54, 1.807) is 7.11 Å². The zero-order valence-corrected chi connectivity index (χ0v) is 15.3. The van der Waals surface area contributed by atoms with Crippen molar-refractivity contribution < 1.29 is 9.57 Å². The topological polar surface area (TPSA) is 70.5 Å². The fourth-order valence-corrected chi connectivity index (χ4v) is 3.52. The van der Waals surface area contributed by atoms with Gasteiger partial charge in [-0.15, -0.1) is 0 Å². The van der Waals surface area contributed by atoms with E-state index in [1.165, 1.54) is 6.42 Å². The van der Waals surface area contributed by atoms with E-state index in [0.29, 0.717) is 0 Å². The van der Waals surface area contributed by atoms with Crippen LogP contribution >= 0.6 is 0 Å². The first-order valence-corrected chi connectivity index (χ1v) is 8.42. The molecule has 0 saturated carbocycles. The number of methoxy groups -OCH3 is 1. The van der Waals surface area contributed by atoms with Crippen LogP contribution in [-0.4, -0.2) is 29.8 Å². The number of hydrogen-bond acceptors (Lipinski definition) is 4. The van der Waals surface area contributed by atoms with E-state index >= 15 is 0 Å². The molecule has 1 saturated heterocycles. The molecule has 1 aromatic rings. The van der Waals surface area contributed by atoms with Crippen LogP contribution in [0.25, 0.3) is 10.4 Å². The van der Waals surface area contributed by atoms with Crippen molar-refractivity contribution in [1.29, 1.82) is 0 Å². The Labute approximate surface area is 144 Å². The number of nitrogens with zero attached hydrogens (tertiary/aromatic N) is 4. The van der Waals surface area contributed by atoms with Crippen molar-refractivity contribution in [3.05, 3.63) is 40.3 Å². The summed E-state index contributed by atoms with van der Waals surface area (Å²) in [7, 11) is 1.64. The maximum Gasteiger partial charge on any atom is 0.118 e. The van der Waals surface area contributed by atoms with Crippen LogP contribution in [0.15, 0.2) is 29.4 Å². The minimum atomic E-state index is -0.316. The molecule has 0 radical (unpaired) electrons. The molecule has 1 fully saturated rings. The van der Waals surface area contributed by atoms with E-state index in [9.17, 15) is 0 Å². The third-order valence-corrected chi connectivity index (χ3v) is 4.71. The number of piperidine rings is 1. The predicted octanol–water partition coefficient (Wildman–Crippen LogP) is 5.02. The van der Waals surface area contributed by atoms with Gasteiger partial charge in [0.15, 0.2) is 0 Å². The largest absolute Gasteiger partial charge is 0.497 e. The van der Waals surface area contributed by atoms with E-state index in [-0.39, 0.29) is 23.7 Å². The van der Waals surface area contributed by atoms with Gasteiger partial charge in [-0.1, -0.05) is 17.2 Å². The lowest BCUT2D eigenvalue weighted by atomic mass is 9.82. The third kappa shape index (κ3) is 4.20. The van der Waals surface area contributed by atoms with Crippen LogP contribution in [0.2, 0.25) is 0 Å². The molecule has 6 nitrogen and oxygen atoms in total. The lowest BCUT2D eigenvalue weighted by Crippen LogP contribution is -2.58. The van der Waals surface area contributed by atoms with Crippen molar-refractivity contribution in [3.8, 4) is 5.75 Å². The Morgan fingerprint density at radius 2 is 1.75 bits per heavy atom. The zero-order valence-electron chi connectivity index (χ0n) is 15.3. The van der Waals surface area contributed by atoms with Crippen molar-refractivity contribution in [1.82, 2.24) is 5.06 Å². The molecule has 132 valence electrons. The lowest BCUT2D eigenvalue weighted by molar-refractivity contribution is -0.305. The highest BCUT2D eigenvalue weighted by Crippen LogP contribution is 2.40. The van der Waals surface area contributed by atoms with Gasteiger partial charge in [0.25, 0.3) is 0 Å². The zero-order chi connectivity index (χ0) is 17.8. The van der Waals surface area contributed by atoms with Crippen molar-refractivity contribution >= 4 is 0 Å². The fourth-order valence-electron chi connectivity index (χ4n) is 3.52. The number of azide groups is 1. The van der Waals surface area contributed by atoms with Gasteiger partial charge >= 0.3 is 0 Å². The molecule has 0 bridgehead atoms. The van der Waals surface area contributed by atoms with Crippen molar-refractivity contribution in [2.75, 3.05) is 13.7 Å². The molecular formula is C18H28N4O2. The summed E-state index contributed by atoms with van der Waals surface area (Å²) in [5.41, 5.74) is 9.56.